The maximum Gasteiger partial charge on any atom is 0.472 e. The molecule has 0 radical (unpaired) electrons. The predicted octanol–water partition coefficient (Wildman–Crippen LogP) is 22.7. The topological polar surface area (TPSA) is 237 Å². The highest BCUT2D eigenvalue weighted by Crippen LogP contribution is 2.45. The summed E-state index contributed by atoms with van der Waals surface area (Å²) >= 11 is 0. The molecule has 2 unspecified atom stereocenters. The minimum atomic E-state index is -4.96. The van der Waals surface area contributed by atoms with E-state index in [1.807, 2.05) is 0 Å². The van der Waals surface area contributed by atoms with Crippen LogP contribution >= 0.6 is 15.6 Å². The average molecular weight is 1410 g/mol. The molecule has 0 saturated carbocycles. The van der Waals surface area contributed by atoms with Gasteiger partial charge in [0, 0.05) is 25.7 Å². The molecule has 0 bridgehead atoms. The molecule has 0 aromatic rings. The van der Waals surface area contributed by atoms with E-state index in [2.05, 4.69) is 41.5 Å². The fourth-order valence-corrected chi connectivity index (χ4v) is 13.4. The van der Waals surface area contributed by atoms with Gasteiger partial charge in [-0.2, -0.15) is 0 Å². The molecule has 96 heavy (non-hydrogen) atoms. The summed E-state index contributed by atoms with van der Waals surface area (Å²) in [6, 6.07) is 0. The van der Waals surface area contributed by atoms with Gasteiger partial charge in [0.15, 0.2) is 12.2 Å². The molecule has 570 valence electrons. The monoisotopic (exact) mass is 1410 g/mol. The van der Waals surface area contributed by atoms with E-state index >= 15 is 0 Å². The number of aliphatic hydroxyl groups is 1. The molecular formula is C77H150O17P2. The second-order valence-electron chi connectivity index (χ2n) is 28.7. The highest BCUT2D eigenvalue weighted by Gasteiger charge is 2.30. The van der Waals surface area contributed by atoms with Gasteiger partial charge >= 0.3 is 39.5 Å². The van der Waals surface area contributed by atoms with E-state index in [4.69, 9.17) is 37.0 Å². The molecule has 19 heteroatoms. The summed E-state index contributed by atoms with van der Waals surface area (Å²) in [6.07, 6.45) is 57.2. The van der Waals surface area contributed by atoms with Gasteiger partial charge in [-0.15, -0.1) is 0 Å². The van der Waals surface area contributed by atoms with Crippen LogP contribution in [0.15, 0.2) is 0 Å². The lowest BCUT2D eigenvalue weighted by Crippen LogP contribution is -2.30. The average Bonchev–Trinajstić information content (AvgIpc) is 2.05. The summed E-state index contributed by atoms with van der Waals surface area (Å²) in [5, 5.41) is 10.6. The summed E-state index contributed by atoms with van der Waals surface area (Å²) < 4.78 is 68.5. The first-order valence-corrected chi connectivity index (χ1v) is 43.0. The molecule has 0 heterocycles. The van der Waals surface area contributed by atoms with E-state index in [1.54, 1.807) is 0 Å². The number of ether oxygens (including phenoxy) is 4. The molecule has 0 aliphatic rings. The van der Waals surface area contributed by atoms with E-state index in [9.17, 15) is 43.2 Å². The second kappa shape index (κ2) is 68.8. The molecule has 3 N–H and O–H groups in total. The van der Waals surface area contributed by atoms with Crippen LogP contribution in [-0.4, -0.2) is 96.7 Å². The standard InChI is InChI=1S/C77H150O17P2/c1-7-9-11-13-15-17-19-21-23-25-26-28-30-32-34-36-41-49-55-61-76(81)93-72(65-87-74(79)59-53-47-40-35-33-31-29-27-24-22-20-18-16-14-12-10-8-2)67-91-95(83,84)89-63-71(78)64-90-96(85,86)92-68-73(66-88-75(80)60-54-48-44-43-46-52-58-70(5)6)94-77(82)62-56-50-42-38-37-39-45-51-57-69(3)4/h69-73,78H,7-68H2,1-6H3,(H,83,84)(H,85,86)/t71-,72-,73-/m1/s1. The van der Waals surface area contributed by atoms with Crippen LogP contribution in [0, 0.1) is 11.8 Å². The number of aliphatic hydroxyl groups excluding tert-OH is 1. The number of esters is 4. The van der Waals surface area contributed by atoms with E-state index in [0.717, 1.165) is 102 Å². The second-order valence-corrected chi connectivity index (χ2v) is 31.6. The van der Waals surface area contributed by atoms with Crippen molar-refractivity contribution >= 4 is 39.5 Å². The van der Waals surface area contributed by atoms with E-state index < -0.39 is 97.5 Å². The molecule has 0 amide bonds. The Kier molecular flexibility index (Phi) is 67.4. The minimum absolute atomic E-state index is 0.104. The fourth-order valence-electron chi connectivity index (χ4n) is 11.8. The van der Waals surface area contributed by atoms with Gasteiger partial charge in [-0.3, -0.25) is 37.3 Å². The van der Waals surface area contributed by atoms with E-state index in [0.29, 0.717) is 31.6 Å². The first-order chi connectivity index (χ1) is 46.4. The van der Waals surface area contributed by atoms with Crippen LogP contribution in [0.25, 0.3) is 0 Å². The van der Waals surface area contributed by atoms with Crippen molar-refractivity contribution in [3.63, 3.8) is 0 Å². The van der Waals surface area contributed by atoms with E-state index in [1.165, 1.54) is 212 Å². The molecule has 0 rings (SSSR count). The third-order valence-corrected chi connectivity index (χ3v) is 19.9. The number of carbonyl (C=O) groups is 4. The summed E-state index contributed by atoms with van der Waals surface area (Å²) in [4.78, 5) is 72.8. The van der Waals surface area contributed by atoms with Gasteiger partial charge in [0.25, 0.3) is 0 Å². The lowest BCUT2D eigenvalue weighted by atomic mass is 10.0. The Morgan fingerprint density at radius 2 is 0.479 bits per heavy atom. The number of phosphoric acid groups is 2. The smallest absolute Gasteiger partial charge is 0.462 e. The molecule has 0 saturated heterocycles. The Hall–Kier alpha value is -1.94. The van der Waals surface area contributed by atoms with Gasteiger partial charge in [-0.05, 0) is 37.5 Å². The van der Waals surface area contributed by atoms with Crippen LogP contribution < -0.4 is 0 Å². The largest absolute Gasteiger partial charge is 0.472 e. The number of unbranched alkanes of at least 4 members (excludes halogenated alkanes) is 46. The van der Waals surface area contributed by atoms with Crippen LogP contribution in [-0.2, 0) is 65.4 Å². The normalized spacial score (nSPS) is 14.0. The molecule has 0 fully saturated rings. The van der Waals surface area contributed by atoms with Crippen LogP contribution in [0.2, 0.25) is 0 Å². The van der Waals surface area contributed by atoms with Crippen LogP contribution in [0.5, 0.6) is 0 Å². The third-order valence-electron chi connectivity index (χ3n) is 18.0. The van der Waals surface area contributed by atoms with Gasteiger partial charge < -0.3 is 33.8 Å². The van der Waals surface area contributed by atoms with Gasteiger partial charge in [0.2, 0.25) is 0 Å². The number of carbonyl (C=O) groups excluding carboxylic acids is 4. The lowest BCUT2D eigenvalue weighted by molar-refractivity contribution is -0.161. The molecular weight excluding hydrogens is 1260 g/mol. The maximum absolute atomic E-state index is 13.1. The van der Waals surface area contributed by atoms with Crippen molar-refractivity contribution in [3.8, 4) is 0 Å². The van der Waals surface area contributed by atoms with Gasteiger partial charge in [0.05, 0.1) is 26.4 Å². The Morgan fingerprint density at radius 1 is 0.281 bits per heavy atom. The van der Waals surface area contributed by atoms with Crippen molar-refractivity contribution < 1.29 is 80.2 Å². The third kappa shape index (κ3) is 70.5. The van der Waals surface area contributed by atoms with Crippen molar-refractivity contribution in [3.05, 3.63) is 0 Å². The number of hydrogen-bond donors (Lipinski definition) is 3. The highest BCUT2D eigenvalue weighted by atomic mass is 31.2. The number of hydrogen-bond acceptors (Lipinski definition) is 15. The minimum Gasteiger partial charge on any atom is -0.462 e. The van der Waals surface area contributed by atoms with E-state index in [-0.39, 0.29) is 25.7 Å². The Labute approximate surface area is 588 Å². The van der Waals surface area contributed by atoms with Crippen molar-refractivity contribution in [2.24, 2.45) is 11.8 Å². The van der Waals surface area contributed by atoms with Crippen molar-refractivity contribution in [1.29, 1.82) is 0 Å². The SMILES string of the molecule is CCCCCCCCCCCCCCCCCCCCCC(=O)O[C@H](COC(=O)CCCCCCCCCCCCCCCCCCC)COP(=O)(O)OC[C@@H](O)COP(=O)(O)OC[C@@H](COC(=O)CCCCCCCCC(C)C)OC(=O)CCCCCCCCCCC(C)C. The first-order valence-electron chi connectivity index (χ1n) is 40.0. The van der Waals surface area contributed by atoms with Gasteiger partial charge in [-0.25, -0.2) is 9.13 Å². The zero-order valence-corrected chi connectivity index (χ0v) is 64.5. The summed E-state index contributed by atoms with van der Waals surface area (Å²) in [7, 11) is -9.91. The Morgan fingerprint density at radius 3 is 0.708 bits per heavy atom. The number of phosphoric ester groups is 2. The van der Waals surface area contributed by atoms with Crippen molar-refractivity contribution in [1.82, 2.24) is 0 Å². The van der Waals surface area contributed by atoms with Crippen molar-refractivity contribution in [2.75, 3.05) is 39.6 Å². The molecule has 0 aromatic carbocycles. The lowest BCUT2D eigenvalue weighted by Gasteiger charge is -2.21. The van der Waals surface area contributed by atoms with Crippen LogP contribution in [0.3, 0.4) is 0 Å². The van der Waals surface area contributed by atoms with Crippen LogP contribution in [0.4, 0.5) is 0 Å². The quantitative estimate of drug-likeness (QED) is 0.0222. The zero-order chi connectivity index (χ0) is 70.7. The fraction of sp³-hybridized carbons (Fsp3) is 0.948. The molecule has 0 aliphatic carbocycles. The zero-order valence-electron chi connectivity index (χ0n) is 62.7. The summed E-state index contributed by atoms with van der Waals surface area (Å²) in [6.45, 7) is 9.48. The highest BCUT2D eigenvalue weighted by molar-refractivity contribution is 7.47. The first kappa shape index (κ1) is 94.1. The molecule has 0 aromatic heterocycles. The maximum atomic E-state index is 13.1. The molecule has 0 spiro atoms. The summed E-state index contributed by atoms with van der Waals surface area (Å²) in [5.74, 6) is -0.721. The van der Waals surface area contributed by atoms with Crippen molar-refractivity contribution in [2.45, 2.75) is 419 Å². The molecule has 5 atom stereocenters. The molecule has 0 aliphatic heterocycles. The van der Waals surface area contributed by atoms with Crippen LogP contribution in [0.1, 0.15) is 401 Å². The molecule has 17 nitrogen and oxygen atoms in total. The van der Waals surface area contributed by atoms with Gasteiger partial charge in [0.1, 0.15) is 19.3 Å². The van der Waals surface area contributed by atoms with Gasteiger partial charge in [-0.1, -0.05) is 350 Å². The predicted molar refractivity (Wildman–Crippen MR) is 391 cm³/mol. The Bertz CT molecular complexity index is 1860. The summed E-state index contributed by atoms with van der Waals surface area (Å²) in [5.41, 5.74) is 0. The Balaban J connectivity index is 5.21. The number of rotatable bonds is 76.